The van der Waals surface area contributed by atoms with Crippen LogP contribution in [0.15, 0.2) is 42.5 Å². The zero-order valence-electron chi connectivity index (χ0n) is 10.2. The van der Waals surface area contributed by atoms with E-state index in [4.69, 9.17) is 0 Å². The summed E-state index contributed by atoms with van der Waals surface area (Å²) >= 11 is 0. The van der Waals surface area contributed by atoms with Crippen molar-refractivity contribution in [1.29, 1.82) is 0 Å². The first-order chi connectivity index (χ1) is 8.61. The van der Waals surface area contributed by atoms with Gasteiger partial charge in [0.2, 0.25) is 0 Å². The third-order valence-corrected chi connectivity index (χ3v) is 2.75. The fourth-order valence-electron chi connectivity index (χ4n) is 1.73. The molecule has 0 fully saturated rings. The molecule has 0 radical (unpaired) electrons. The lowest BCUT2D eigenvalue weighted by atomic mass is 10.0. The van der Waals surface area contributed by atoms with E-state index in [1.807, 2.05) is 31.2 Å². The van der Waals surface area contributed by atoms with Gasteiger partial charge in [-0.2, -0.15) is 0 Å². The van der Waals surface area contributed by atoms with Gasteiger partial charge >= 0.3 is 5.97 Å². The van der Waals surface area contributed by atoms with E-state index in [9.17, 15) is 9.18 Å². The maximum absolute atomic E-state index is 13.9. The van der Waals surface area contributed by atoms with Gasteiger partial charge in [-0.3, -0.25) is 0 Å². The van der Waals surface area contributed by atoms with Crippen molar-refractivity contribution in [1.82, 2.24) is 0 Å². The Morgan fingerprint density at radius 1 is 1.11 bits per heavy atom. The van der Waals surface area contributed by atoms with E-state index in [0.717, 1.165) is 11.1 Å². The fraction of sp³-hybridized carbons (Fsp3) is 0.133. The van der Waals surface area contributed by atoms with Crippen molar-refractivity contribution in [3.8, 4) is 11.1 Å². The molecule has 2 rings (SSSR count). The number of ether oxygens (including phenoxy) is 1. The van der Waals surface area contributed by atoms with Crippen LogP contribution in [0.4, 0.5) is 4.39 Å². The second-order valence-corrected chi connectivity index (χ2v) is 4.05. The zero-order valence-corrected chi connectivity index (χ0v) is 10.2. The first kappa shape index (κ1) is 12.3. The molecule has 2 aromatic carbocycles. The zero-order chi connectivity index (χ0) is 13.1. The summed E-state index contributed by atoms with van der Waals surface area (Å²) in [6, 6.07) is 11.9. The van der Waals surface area contributed by atoms with Crippen LogP contribution in [-0.2, 0) is 4.74 Å². The lowest BCUT2D eigenvalue weighted by molar-refractivity contribution is 0.0600. The van der Waals surface area contributed by atoms with Gasteiger partial charge in [0.05, 0.1) is 12.7 Å². The summed E-state index contributed by atoms with van der Waals surface area (Å²) in [6.45, 7) is 1.97. The monoisotopic (exact) mass is 244 g/mol. The number of hydrogen-bond donors (Lipinski definition) is 0. The molecule has 0 saturated carbocycles. The normalized spacial score (nSPS) is 10.2. The SMILES string of the molecule is COC(=O)c1ccc(-c2ccc(C)cc2)c(F)c1. The van der Waals surface area contributed by atoms with Crippen molar-refractivity contribution in [2.24, 2.45) is 0 Å². The van der Waals surface area contributed by atoms with Gasteiger partial charge in [-0.1, -0.05) is 35.9 Å². The quantitative estimate of drug-likeness (QED) is 0.755. The highest BCUT2D eigenvalue weighted by Gasteiger charge is 2.10. The molecule has 0 bridgehead atoms. The van der Waals surface area contributed by atoms with Gasteiger partial charge in [0.1, 0.15) is 5.82 Å². The van der Waals surface area contributed by atoms with Gasteiger partial charge in [-0.25, -0.2) is 9.18 Å². The Bertz CT molecular complexity index is 574. The van der Waals surface area contributed by atoms with Gasteiger partial charge in [-0.05, 0) is 24.6 Å². The van der Waals surface area contributed by atoms with Crippen molar-refractivity contribution in [3.05, 3.63) is 59.4 Å². The van der Waals surface area contributed by atoms with Crippen molar-refractivity contribution >= 4 is 5.97 Å². The molecule has 0 saturated heterocycles. The number of rotatable bonds is 2. The predicted molar refractivity (Wildman–Crippen MR) is 67.9 cm³/mol. The number of hydrogen-bond acceptors (Lipinski definition) is 2. The standard InChI is InChI=1S/C15H13FO2/c1-10-3-5-11(6-4-10)13-8-7-12(9-14(13)16)15(17)18-2/h3-9H,1-2H3. The summed E-state index contributed by atoms with van der Waals surface area (Å²) in [5.41, 5.74) is 2.59. The van der Waals surface area contributed by atoms with Crippen LogP contribution in [0.2, 0.25) is 0 Å². The van der Waals surface area contributed by atoms with Crippen molar-refractivity contribution in [2.45, 2.75) is 6.92 Å². The number of methoxy groups -OCH3 is 1. The second-order valence-electron chi connectivity index (χ2n) is 4.05. The van der Waals surface area contributed by atoms with E-state index >= 15 is 0 Å². The van der Waals surface area contributed by atoms with Crippen LogP contribution < -0.4 is 0 Å². The maximum Gasteiger partial charge on any atom is 0.337 e. The minimum absolute atomic E-state index is 0.214. The Morgan fingerprint density at radius 2 is 1.78 bits per heavy atom. The molecule has 0 heterocycles. The number of carbonyl (C=O) groups is 1. The lowest BCUT2D eigenvalue weighted by Crippen LogP contribution is -2.01. The largest absolute Gasteiger partial charge is 0.465 e. The third-order valence-electron chi connectivity index (χ3n) is 2.75. The van der Waals surface area contributed by atoms with Crippen LogP contribution in [0.5, 0.6) is 0 Å². The Labute approximate surface area is 105 Å². The van der Waals surface area contributed by atoms with Crippen molar-refractivity contribution in [3.63, 3.8) is 0 Å². The highest BCUT2D eigenvalue weighted by Crippen LogP contribution is 2.24. The molecule has 2 aromatic rings. The molecule has 0 spiro atoms. The van der Waals surface area contributed by atoms with E-state index in [0.29, 0.717) is 5.56 Å². The molecular weight excluding hydrogens is 231 g/mol. The van der Waals surface area contributed by atoms with Crippen LogP contribution in [0.1, 0.15) is 15.9 Å². The van der Waals surface area contributed by atoms with Gasteiger partial charge in [0, 0.05) is 5.56 Å². The number of halogens is 1. The summed E-state index contributed by atoms with van der Waals surface area (Å²) < 4.78 is 18.5. The van der Waals surface area contributed by atoms with E-state index in [1.165, 1.54) is 13.2 Å². The Kier molecular flexibility index (Phi) is 3.42. The van der Waals surface area contributed by atoms with Gasteiger partial charge in [0.25, 0.3) is 0 Å². The molecular formula is C15H13FO2. The van der Waals surface area contributed by atoms with Crippen LogP contribution >= 0.6 is 0 Å². The predicted octanol–water partition coefficient (Wildman–Crippen LogP) is 3.59. The van der Waals surface area contributed by atoms with E-state index in [2.05, 4.69) is 4.74 Å². The lowest BCUT2D eigenvalue weighted by Gasteiger charge is -2.06. The summed E-state index contributed by atoms with van der Waals surface area (Å²) in [5.74, 6) is -0.967. The topological polar surface area (TPSA) is 26.3 Å². The molecule has 0 atom stereocenters. The van der Waals surface area contributed by atoms with Crippen LogP contribution in [0, 0.1) is 12.7 Å². The molecule has 0 unspecified atom stereocenters. The minimum atomic E-state index is -0.538. The molecule has 0 aromatic heterocycles. The molecule has 0 aliphatic rings. The summed E-state index contributed by atoms with van der Waals surface area (Å²) in [5, 5.41) is 0. The van der Waals surface area contributed by atoms with Gasteiger partial charge in [-0.15, -0.1) is 0 Å². The first-order valence-corrected chi connectivity index (χ1v) is 5.56. The first-order valence-electron chi connectivity index (χ1n) is 5.56. The van der Waals surface area contributed by atoms with Crippen LogP contribution in [0.3, 0.4) is 0 Å². The molecule has 92 valence electrons. The Balaban J connectivity index is 2.41. The average Bonchev–Trinajstić information content (AvgIpc) is 2.39. The summed E-state index contributed by atoms with van der Waals surface area (Å²) in [6.07, 6.45) is 0. The van der Waals surface area contributed by atoms with Crippen LogP contribution in [0.25, 0.3) is 11.1 Å². The van der Waals surface area contributed by atoms with Gasteiger partial charge < -0.3 is 4.74 Å². The molecule has 0 aliphatic heterocycles. The highest BCUT2D eigenvalue weighted by atomic mass is 19.1. The number of benzene rings is 2. The number of esters is 1. The van der Waals surface area contributed by atoms with Crippen LogP contribution in [-0.4, -0.2) is 13.1 Å². The summed E-state index contributed by atoms with van der Waals surface area (Å²) in [4.78, 5) is 11.3. The summed E-state index contributed by atoms with van der Waals surface area (Å²) in [7, 11) is 1.27. The van der Waals surface area contributed by atoms with Crippen molar-refractivity contribution < 1.29 is 13.9 Å². The molecule has 0 amide bonds. The molecule has 18 heavy (non-hydrogen) atoms. The molecule has 0 N–H and O–H groups in total. The van der Waals surface area contributed by atoms with Crippen molar-refractivity contribution in [2.75, 3.05) is 7.11 Å². The van der Waals surface area contributed by atoms with E-state index in [-0.39, 0.29) is 5.56 Å². The Hall–Kier alpha value is -2.16. The number of aryl methyl sites for hydroxylation is 1. The van der Waals surface area contributed by atoms with E-state index < -0.39 is 11.8 Å². The fourth-order valence-corrected chi connectivity index (χ4v) is 1.73. The maximum atomic E-state index is 13.9. The molecule has 0 aliphatic carbocycles. The molecule has 3 heteroatoms. The second kappa shape index (κ2) is 5.00. The minimum Gasteiger partial charge on any atom is -0.465 e. The third kappa shape index (κ3) is 2.40. The molecule has 2 nitrogen and oxygen atoms in total. The Morgan fingerprint density at radius 3 is 2.33 bits per heavy atom. The van der Waals surface area contributed by atoms with Gasteiger partial charge in [0.15, 0.2) is 0 Å². The highest BCUT2D eigenvalue weighted by molar-refractivity contribution is 5.90. The smallest absolute Gasteiger partial charge is 0.337 e. The number of carbonyl (C=O) groups excluding carboxylic acids is 1. The average molecular weight is 244 g/mol. The van der Waals surface area contributed by atoms with E-state index in [1.54, 1.807) is 12.1 Å².